The average molecular weight is 226 g/mol. The van der Waals surface area contributed by atoms with Crippen LogP contribution in [0.3, 0.4) is 0 Å². The van der Waals surface area contributed by atoms with Gasteiger partial charge in [0.2, 0.25) is 0 Å². The van der Waals surface area contributed by atoms with Gasteiger partial charge in [0.1, 0.15) is 0 Å². The number of aryl methyl sites for hydroxylation is 1. The second-order valence-electron chi connectivity index (χ2n) is 4.49. The minimum absolute atomic E-state index is 0.805. The Morgan fingerprint density at radius 1 is 0.941 bits per heavy atom. The Hall–Kier alpha value is -1.96. The zero-order valence-corrected chi connectivity index (χ0v) is 10.6. The number of hydrogen-bond acceptors (Lipinski definition) is 2. The van der Waals surface area contributed by atoms with Crippen molar-refractivity contribution in [3.8, 4) is 11.1 Å². The summed E-state index contributed by atoms with van der Waals surface area (Å²) < 4.78 is 0. The highest BCUT2D eigenvalue weighted by atomic mass is 15.1. The van der Waals surface area contributed by atoms with Gasteiger partial charge in [0, 0.05) is 31.0 Å². The first-order valence-corrected chi connectivity index (χ1v) is 5.72. The van der Waals surface area contributed by atoms with Gasteiger partial charge in [0.15, 0.2) is 0 Å². The van der Waals surface area contributed by atoms with E-state index in [-0.39, 0.29) is 0 Å². The largest absolute Gasteiger partial charge is 0.399 e. The van der Waals surface area contributed by atoms with Crippen LogP contribution in [-0.4, -0.2) is 14.1 Å². The highest BCUT2D eigenvalue weighted by Gasteiger charge is 2.08. The van der Waals surface area contributed by atoms with Crippen LogP contribution in [0, 0.1) is 6.92 Å². The van der Waals surface area contributed by atoms with Crippen molar-refractivity contribution in [2.45, 2.75) is 6.92 Å². The average Bonchev–Trinajstić information content (AvgIpc) is 2.32. The van der Waals surface area contributed by atoms with Crippen LogP contribution in [0.15, 0.2) is 42.5 Å². The maximum atomic E-state index is 5.88. The fraction of sp³-hybridized carbons (Fsp3) is 0.200. The Labute approximate surface area is 103 Å². The fourth-order valence-corrected chi connectivity index (χ4v) is 2.02. The molecule has 0 saturated carbocycles. The lowest BCUT2D eigenvalue weighted by molar-refractivity contribution is 1.13. The minimum atomic E-state index is 0.805. The molecule has 2 heteroatoms. The molecule has 2 aromatic carbocycles. The fourth-order valence-electron chi connectivity index (χ4n) is 2.02. The molecule has 2 aromatic rings. The highest BCUT2D eigenvalue weighted by molar-refractivity contribution is 5.81. The molecular formula is C15H18N2. The Balaban J connectivity index is 2.64. The third-order valence-corrected chi connectivity index (χ3v) is 2.94. The number of hydrogen-bond donors (Lipinski definition) is 1. The molecule has 0 amide bonds. The van der Waals surface area contributed by atoms with Crippen molar-refractivity contribution in [2.75, 3.05) is 24.7 Å². The zero-order chi connectivity index (χ0) is 12.4. The first-order valence-electron chi connectivity index (χ1n) is 5.72. The van der Waals surface area contributed by atoms with Gasteiger partial charge in [0.25, 0.3) is 0 Å². The van der Waals surface area contributed by atoms with Crippen LogP contribution in [0.25, 0.3) is 11.1 Å². The first kappa shape index (κ1) is 11.5. The van der Waals surface area contributed by atoms with E-state index < -0.39 is 0 Å². The predicted octanol–water partition coefficient (Wildman–Crippen LogP) is 3.31. The predicted molar refractivity (Wildman–Crippen MR) is 75.4 cm³/mol. The summed E-state index contributed by atoms with van der Waals surface area (Å²) in [7, 11) is 4.11. The van der Waals surface area contributed by atoms with Gasteiger partial charge in [0.05, 0.1) is 0 Å². The van der Waals surface area contributed by atoms with Crippen molar-refractivity contribution < 1.29 is 0 Å². The van der Waals surface area contributed by atoms with Crippen LogP contribution < -0.4 is 10.6 Å². The Morgan fingerprint density at radius 3 is 2.35 bits per heavy atom. The molecule has 0 spiro atoms. The molecule has 0 fully saturated rings. The van der Waals surface area contributed by atoms with Gasteiger partial charge >= 0.3 is 0 Å². The summed E-state index contributed by atoms with van der Waals surface area (Å²) in [5.74, 6) is 0. The van der Waals surface area contributed by atoms with Gasteiger partial charge in [-0.05, 0) is 36.2 Å². The molecule has 17 heavy (non-hydrogen) atoms. The minimum Gasteiger partial charge on any atom is -0.399 e. The molecule has 0 heterocycles. The number of nitrogens with zero attached hydrogens (tertiary/aromatic N) is 1. The molecule has 2 rings (SSSR count). The molecule has 0 aliphatic heterocycles. The third kappa shape index (κ3) is 2.26. The summed E-state index contributed by atoms with van der Waals surface area (Å²) >= 11 is 0. The SMILES string of the molecule is Cc1ccc(N)cc1-c1ccccc1N(C)C. The number of para-hydroxylation sites is 1. The monoisotopic (exact) mass is 226 g/mol. The van der Waals surface area contributed by atoms with Crippen molar-refractivity contribution in [2.24, 2.45) is 0 Å². The molecule has 2 nitrogen and oxygen atoms in total. The van der Waals surface area contributed by atoms with E-state index in [1.807, 2.05) is 12.1 Å². The third-order valence-electron chi connectivity index (χ3n) is 2.94. The molecule has 0 bridgehead atoms. The maximum Gasteiger partial charge on any atom is 0.0440 e. The molecule has 0 aliphatic carbocycles. The zero-order valence-electron chi connectivity index (χ0n) is 10.6. The van der Waals surface area contributed by atoms with Crippen LogP contribution in [-0.2, 0) is 0 Å². The number of anilines is 2. The molecule has 0 radical (unpaired) electrons. The van der Waals surface area contributed by atoms with Crippen LogP contribution >= 0.6 is 0 Å². The van der Waals surface area contributed by atoms with E-state index in [1.165, 1.54) is 22.4 Å². The van der Waals surface area contributed by atoms with E-state index in [0.29, 0.717) is 0 Å². The summed E-state index contributed by atoms with van der Waals surface area (Å²) in [5, 5.41) is 0. The van der Waals surface area contributed by atoms with Gasteiger partial charge in [-0.25, -0.2) is 0 Å². The summed E-state index contributed by atoms with van der Waals surface area (Å²) in [5.41, 5.74) is 11.6. The molecule has 0 saturated heterocycles. The normalized spacial score (nSPS) is 10.3. The van der Waals surface area contributed by atoms with Crippen LogP contribution in [0.1, 0.15) is 5.56 Å². The Bertz CT molecular complexity index is 530. The molecule has 0 atom stereocenters. The smallest absolute Gasteiger partial charge is 0.0440 e. The summed E-state index contributed by atoms with van der Waals surface area (Å²) in [6, 6.07) is 14.4. The van der Waals surface area contributed by atoms with Crippen molar-refractivity contribution in [1.29, 1.82) is 0 Å². The lowest BCUT2D eigenvalue weighted by Crippen LogP contribution is -2.10. The molecule has 0 aliphatic rings. The topological polar surface area (TPSA) is 29.3 Å². The van der Waals surface area contributed by atoms with Crippen molar-refractivity contribution in [3.05, 3.63) is 48.0 Å². The second kappa shape index (κ2) is 4.50. The molecule has 2 N–H and O–H groups in total. The number of benzene rings is 2. The summed E-state index contributed by atoms with van der Waals surface area (Å²) in [6.45, 7) is 2.11. The van der Waals surface area contributed by atoms with E-state index in [9.17, 15) is 0 Å². The van der Waals surface area contributed by atoms with Gasteiger partial charge in [-0.15, -0.1) is 0 Å². The second-order valence-corrected chi connectivity index (χ2v) is 4.49. The molecule has 0 unspecified atom stereocenters. The number of rotatable bonds is 2. The Kier molecular flexibility index (Phi) is 3.05. The van der Waals surface area contributed by atoms with E-state index in [2.05, 4.69) is 56.3 Å². The Morgan fingerprint density at radius 2 is 1.65 bits per heavy atom. The van der Waals surface area contributed by atoms with Crippen molar-refractivity contribution >= 4 is 11.4 Å². The van der Waals surface area contributed by atoms with E-state index in [4.69, 9.17) is 5.73 Å². The standard InChI is InChI=1S/C15H18N2/c1-11-8-9-12(16)10-14(11)13-6-4-5-7-15(13)17(2)3/h4-10H,16H2,1-3H3. The van der Waals surface area contributed by atoms with Gasteiger partial charge < -0.3 is 10.6 Å². The van der Waals surface area contributed by atoms with Crippen LogP contribution in [0.5, 0.6) is 0 Å². The van der Waals surface area contributed by atoms with E-state index in [1.54, 1.807) is 0 Å². The number of nitrogen functional groups attached to an aromatic ring is 1. The van der Waals surface area contributed by atoms with Gasteiger partial charge in [-0.3, -0.25) is 0 Å². The van der Waals surface area contributed by atoms with E-state index >= 15 is 0 Å². The van der Waals surface area contributed by atoms with E-state index in [0.717, 1.165) is 5.69 Å². The summed E-state index contributed by atoms with van der Waals surface area (Å²) in [4.78, 5) is 2.12. The molecular weight excluding hydrogens is 208 g/mol. The van der Waals surface area contributed by atoms with Crippen LogP contribution in [0.4, 0.5) is 11.4 Å². The highest BCUT2D eigenvalue weighted by Crippen LogP contribution is 2.32. The van der Waals surface area contributed by atoms with Crippen LogP contribution in [0.2, 0.25) is 0 Å². The summed E-state index contributed by atoms with van der Waals surface area (Å²) in [6.07, 6.45) is 0. The maximum absolute atomic E-state index is 5.88. The molecule has 88 valence electrons. The van der Waals surface area contributed by atoms with Crippen molar-refractivity contribution in [3.63, 3.8) is 0 Å². The van der Waals surface area contributed by atoms with Crippen molar-refractivity contribution in [1.82, 2.24) is 0 Å². The van der Waals surface area contributed by atoms with Gasteiger partial charge in [-0.2, -0.15) is 0 Å². The molecule has 0 aromatic heterocycles. The lowest BCUT2D eigenvalue weighted by atomic mass is 9.98. The quantitative estimate of drug-likeness (QED) is 0.796. The first-order chi connectivity index (χ1) is 8.09. The lowest BCUT2D eigenvalue weighted by Gasteiger charge is -2.18. The number of nitrogens with two attached hydrogens (primary N) is 1. The van der Waals surface area contributed by atoms with Gasteiger partial charge in [-0.1, -0.05) is 24.3 Å².